The van der Waals surface area contributed by atoms with Crippen molar-refractivity contribution in [2.24, 2.45) is 0 Å². The van der Waals surface area contributed by atoms with E-state index in [1.165, 1.54) is 6.08 Å². The Hall–Kier alpha value is -5.05. The fraction of sp³-hybridized carbons (Fsp3) is 0.0357. The van der Waals surface area contributed by atoms with E-state index in [1.807, 2.05) is 60.7 Å². The van der Waals surface area contributed by atoms with E-state index in [0.29, 0.717) is 28.7 Å². The maximum Gasteiger partial charge on any atom is 0.331 e. The zero-order valence-electron chi connectivity index (χ0n) is 19.2. The van der Waals surface area contributed by atoms with E-state index >= 15 is 0 Å². The van der Waals surface area contributed by atoms with Crippen molar-refractivity contribution in [3.05, 3.63) is 108 Å². The minimum atomic E-state index is -0.937. The lowest BCUT2D eigenvalue weighted by Gasteiger charge is -2.06. The van der Waals surface area contributed by atoms with Crippen molar-refractivity contribution in [2.45, 2.75) is 0 Å². The highest BCUT2D eigenvalue weighted by molar-refractivity contribution is 5.95. The van der Waals surface area contributed by atoms with Gasteiger partial charge in [-0.3, -0.25) is 4.79 Å². The molecule has 1 N–H and O–H groups in total. The molecule has 9 heteroatoms. The van der Waals surface area contributed by atoms with E-state index in [9.17, 15) is 18.4 Å². The molecule has 7 nitrogen and oxygen atoms in total. The highest BCUT2D eigenvalue weighted by Gasteiger charge is 2.16. The monoisotopic (exact) mass is 499 g/mol. The Morgan fingerprint density at radius 2 is 1.78 bits per heavy atom. The van der Waals surface area contributed by atoms with Gasteiger partial charge in [0.05, 0.1) is 11.4 Å². The molecule has 184 valence electrons. The fourth-order valence-electron chi connectivity index (χ4n) is 3.63. The Morgan fingerprint density at radius 1 is 1.00 bits per heavy atom. The standard InChI is InChI=1S/C28H19F2N3O4/c29-20-11-12-23(22(30)15-20)31-26(34)17-36-27(35)13-10-19-16-33(21-7-2-1-3-8-21)32-28(19)25-14-18-6-4-5-9-24(18)37-25/h1-16H,17H2,(H,31,34). The quantitative estimate of drug-likeness (QED) is 0.227. The van der Waals surface area contributed by atoms with E-state index in [4.69, 9.17) is 9.15 Å². The summed E-state index contributed by atoms with van der Waals surface area (Å²) in [4.78, 5) is 24.3. The fourth-order valence-corrected chi connectivity index (χ4v) is 3.63. The van der Waals surface area contributed by atoms with E-state index in [0.717, 1.165) is 29.3 Å². The van der Waals surface area contributed by atoms with Crippen molar-refractivity contribution < 1.29 is 27.5 Å². The van der Waals surface area contributed by atoms with Gasteiger partial charge in [-0.25, -0.2) is 18.3 Å². The van der Waals surface area contributed by atoms with Gasteiger partial charge in [0.1, 0.15) is 22.9 Å². The number of carbonyl (C=O) groups is 2. The van der Waals surface area contributed by atoms with Gasteiger partial charge in [0, 0.05) is 29.3 Å². The number of furan rings is 1. The zero-order valence-corrected chi connectivity index (χ0v) is 19.2. The first kappa shape index (κ1) is 23.7. The number of ether oxygens (including phenoxy) is 1. The van der Waals surface area contributed by atoms with Gasteiger partial charge in [-0.05, 0) is 42.5 Å². The number of benzene rings is 3. The van der Waals surface area contributed by atoms with Crippen LogP contribution in [0.1, 0.15) is 5.56 Å². The van der Waals surface area contributed by atoms with Crippen molar-refractivity contribution in [1.82, 2.24) is 9.78 Å². The minimum absolute atomic E-state index is 0.221. The molecule has 0 unspecified atom stereocenters. The maximum absolute atomic E-state index is 13.7. The Kier molecular flexibility index (Phi) is 6.58. The lowest BCUT2D eigenvalue weighted by Crippen LogP contribution is -2.20. The van der Waals surface area contributed by atoms with Gasteiger partial charge in [-0.15, -0.1) is 0 Å². The summed E-state index contributed by atoms with van der Waals surface area (Å²) in [6.45, 7) is -0.653. The molecule has 0 saturated carbocycles. The lowest BCUT2D eigenvalue weighted by atomic mass is 10.2. The van der Waals surface area contributed by atoms with Crippen LogP contribution in [0.2, 0.25) is 0 Å². The largest absolute Gasteiger partial charge is 0.454 e. The van der Waals surface area contributed by atoms with Gasteiger partial charge in [0.15, 0.2) is 12.4 Å². The van der Waals surface area contributed by atoms with Crippen LogP contribution < -0.4 is 5.32 Å². The second-order valence-electron chi connectivity index (χ2n) is 7.98. The van der Waals surface area contributed by atoms with E-state index in [2.05, 4.69) is 10.4 Å². The number of amides is 1. The van der Waals surface area contributed by atoms with Crippen LogP contribution in [0, 0.1) is 11.6 Å². The number of nitrogens with one attached hydrogen (secondary N) is 1. The Balaban J connectivity index is 1.33. The van der Waals surface area contributed by atoms with Crippen LogP contribution in [-0.4, -0.2) is 28.3 Å². The van der Waals surface area contributed by atoms with Gasteiger partial charge in [-0.2, -0.15) is 5.10 Å². The Morgan fingerprint density at radius 3 is 2.57 bits per heavy atom. The molecule has 5 rings (SSSR count). The number of halogens is 2. The number of fused-ring (bicyclic) bond motifs is 1. The van der Waals surface area contributed by atoms with Crippen molar-refractivity contribution in [2.75, 3.05) is 11.9 Å². The van der Waals surface area contributed by atoms with Gasteiger partial charge in [0.25, 0.3) is 5.91 Å². The highest BCUT2D eigenvalue weighted by atomic mass is 19.1. The molecule has 0 fully saturated rings. The van der Waals surface area contributed by atoms with Gasteiger partial charge < -0.3 is 14.5 Å². The van der Waals surface area contributed by atoms with Gasteiger partial charge >= 0.3 is 5.97 Å². The summed E-state index contributed by atoms with van der Waals surface area (Å²) < 4.78 is 39.3. The third kappa shape index (κ3) is 5.46. The summed E-state index contributed by atoms with van der Waals surface area (Å²) in [6, 6.07) is 21.6. The second-order valence-corrected chi connectivity index (χ2v) is 7.98. The molecular weight excluding hydrogens is 480 g/mol. The van der Waals surface area contributed by atoms with E-state index < -0.39 is 30.1 Å². The van der Waals surface area contributed by atoms with Crippen LogP contribution >= 0.6 is 0 Å². The van der Waals surface area contributed by atoms with Crippen molar-refractivity contribution in [3.63, 3.8) is 0 Å². The number of aromatic nitrogens is 2. The highest BCUT2D eigenvalue weighted by Crippen LogP contribution is 2.30. The van der Waals surface area contributed by atoms with Crippen molar-refractivity contribution in [1.29, 1.82) is 0 Å². The van der Waals surface area contributed by atoms with Crippen molar-refractivity contribution in [3.8, 4) is 17.1 Å². The smallest absolute Gasteiger partial charge is 0.331 e. The van der Waals surface area contributed by atoms with Crippen molar-refractivity contribution >= 4 is 34.6 Å². The Bertz CT molecular complexity index is 1590. The summed E-state index contributed by atoms with van der Waals surface area (Å²) in [5, 5.41) is 7.78. The number of rotatable bonds is 7. The SMILES string of the molecule is O=C(COC(=O)C=Cc1cn(-c2ccccc2)nc1-c1cc2ccccc2o1)Nc1ccc(F)cc1F. The predicted octanol–water partition coefficient (Wildman–Crippen LogP) is 5.76. The average Bonchev–Trinajstić information content (AvgIpc) is 3.53. The zero-order chi connectivity index (χ0) is 25.8. The molecule has 1 amide bonds. The summed E-state index contributed by atoms with van der Waals surface area (Å²) >= 11 is 0. The molecule has 0 radical (unpaired) electrons. The number of esters is 1. The lowest BCUT2D eigenvalue weighted by molar-refractivity contribution is -0.142. The number of carbonyl (C=O) groups excluding carboxylic acids is 2. The molecule has 0 aliphatic heterocycles. The molecule has 0 aliphatic rings. The molecule has 0 spiro atoms. The topological polar surface area (TPSA) is 86.4 Å². The summed E-state index contributed by atoms with van der Waals surface area (Å²) in [6.07, 6.45) is 4.41. The molecule has 2 heterocycles. The Labute approximate surface area is 209 Å². The van der Waals surface area contributed by atoms with Crippen LogP contribution in [0.25, 0.3) is 34.2 Å². The number of hydrogen-bond donors (Lipinski definition) is 1. The first-order chi connectivity index (χ1) is 18.0. The summed E-state index contributed by atoms with van der Waals surface area (Å²) in [5.41, 5.74) is 2.38. The third-order valence-electron chi connectivity index (χ3n) is 5.37. The normalized spacial score (nSPS) is 11.2. The minimum Gasteiger partial charge on any atom is -0.454 e. The summed E-state index contributed by atoms with van der Waals surface area (Å²) in [7, 11) is 0. The predicted molar refractivity (Wildman–Crippen MR) is 134 cm³/mol. The second kappa shape index (κ2) is 10.3. The van der Waals surface area contributed by atoms with Crippen LogP contribution in [0.4, 0.5) is 14.5 Å². The maximum atomic E-state index is 13.7. The average molecular weight is 499 g/mol. The molecule has 0 bridgehead atoms. The molecule has 0 atom stereocenters. The molecular formula is C28H19F2N3O4. The molecule has 2 aromatic heterocycles. The molecule has 37 heavy (non-hydrogen) atoms. The number of para-hydroxylation sites is 2. The molecule has 5 aromatic rings. The molecule has 0 aliphatic carbocycles. The summed E-state index contributed by atoms with van der Waals surface area (Å²) in [5.74, 6) is -2.76. The van der Waals surface area contributed by atoms with Gasteiger partial charge in [-0.1, -0.05) is 36.4 Å². The van der Waals surface area contributed by atoms with Crippen LogP contribution in [-0.2, 0) is 14.3 Å². The van der Waals surface area contributed by atoms with Crippen LogP contribution in [0.5, 0.6) is 0 Å². The van der Waals surface area contributed by atoms with Crippen LogP contribution in [0.3, 0.4) is 0 Å². The number of nitrogens with zero attached hydrogens (tertiary/aromatic N) is 2. The number of anilines is 1. The van der Waals surface area contributed by atoms with Gasteiger partial charge in [0.2, 0.25) is 0 Å². The first-order valence-corrected chi connectivity index (χ1v) is 11.2. The van der Waals surface area contributed by atoms with E-state index in [-0.39, 0.29) is 5.69 Å². The number of hydrogen-bond acceptors (Lipinski definition) is 5. The third-order valence-corrected chi connectivity index (χ3v) is 5.37. The van der Waals surface area contributed by atoms with Crippen LogP contribution in [0.15, 0.2) is 95.6 Å². The first-order valence-electron chi connectivity index (χ1n) is 11.2. The van der Waals surface area contributed by atoms with E-state index in [1.54, 1.807) is 10.9 Å². The molecule has 3 aromatic carbocycles. The molecule has 0 saturated heterocycles.